The standard InChI is InChI=1S/C38H49Cl2N5O4S/c1-7-49-33-26-29(36(3,4)41)14-19-32(33)34-42-37(5,27-10-15-30(39)16-11-27)38(6,28-12-17-31(40)18-13-28)45(34)35(46)44-23-21-43(22-24-44)20-9-25-50(47,48)8-2/h10-19,26H,7-9,20-25,41H2,1-6H3/t37-,38+/m0/s1. The molecule has 0 saturated carbocycles. The van der Waals surface area contributed by atoms with Crippen LogP contribution in [0, 0.1) is 0 Å². The van der Waals surface area contributed by atoms with Gasteiger partial charge in [-0.15, -0.1) is 0 Å². The average molecular weight is 743 g/mol. The summed E-state index contributed by atoms with van der Waals surface area (Å²) >= 11 is 12.8. The van der Waals surface area contributed by atoms with Crippen molar-refractivity contribution in [3.63, 3.8) is 0 Å². The number of hydrogen-bond donors (Lipinski definition) is 1. The van der Waals surface area contributed by atoms with E-state index in [1.165, 1.54) is 0 Å². The fourth-order valence-electron chi connectivity index (χ4n) is 6.91. The van der Waals surface area contributed by atoms with Crippen molar-refractivity contribution in [1.29, 1.82) is 0 Å². The minimum atomic E-state index is -3.03. The smallest absolute Gasteiger partial charge is 0.326 e. The maximum atomic E-state index is 15.2. The van der Waals surface area contributed by atoms with Crippen molar-refractivity contribution in [3.8, 4) is 5.75 Å². The maximum Gasteiger partial charge on any atom is 0.326 e. The van der Waals surface area contributed by atoms with Crippen LogP contribution in [0.5, 0.6) is 5.75 Å². The SMILES string of the molecule is CCOc1cc(C(C)(C)N)ccc1C1=N[C@@](C)(c2ccc(Cl)cc2)[C@@](C)(c2ccc(Cl)cc2)N1C(=O)N1CCN(CCCS(=O)(=O)CC)CC1. The number of carbonyl (C=O) groups is 1. The van der Waals surface area contributed by atoms with E-state index in [0.29, 0.717) is 72.9 Å². The van der Waals surface area contributed by atoms with Crippen molar-refractivity contribution in [1.82, 2.24) is 14.7 Å². The van der Waals surface area contributed by atoms with Crippen LogP contribution in [0.25, 0.3) is 0 Å². The molecule has 0 unspecified atom stereocenters. The molecule has 3 aromatic carbocycles. The monoisotopic (exact) mass is 741 g/mol. The molecule has 270 valence electrons. The van der Waals surface area contributed by atoms with E-state index in [4.69, 9.17) is 38.7 Å². The molecule has 2 N–H and O–H groups in total. The van der Waals surface area contributed by atoms with Crippen molar-refractivity contribution in [2.45, 2.75) is 64.6 Å². The highest BCUT2D eigenvalue weighted by molar-refractivity contribution is 7.91. The third kappa shape index (κ3) is 7.55. The van der Waals surface area contributed by atoms with Gasteiger partial charge in [0.25, 0.3) is 0 Å². The van der Waals surface area contributed by atoms with E-state index in [1.54, 1.807) is 6.92 Å². The van der Waals surface area contributed by atoms with Gasteiger partial charge in [-0.2, -0.15) is 0 Å². The Hall–Kier alpha value is -3.15. The number of benzene rings is 3. The molecule has 3 aromatic rings. The molecular formula is C38H49Cl2N5O4S. The van der Waals surface area contributed by atoms with Crippen LogP contribution in [0.4, 0.5) is 4.79 Å². The summed E-state index contributed by atoms with van der Waals surface area (Å²) in [5.74, 6) is 1.39. The third-order valence-electron chi connectivity index (χ3n) is 10.2. The van der Waals surface area contributed by atoms with Gasteiger partial charge in [0.05, 0.1) is 17.9 Å². The summed E-state index contributed by atoms with van der Waals surface area (Å²) in [5.41, 5.74) is 7.22. The highest BCUT2D eigenvalue weighted by atomic mass is 35.5. The highest BCUT2D eigenvalue weighted by Crippen LogP contribution is 2.54. The number of amidine groups is 1. The fraction of sp³-hybridized carbons (Fsp3) is 0.474. The zero-order chi connectivity index (χ0) is 36.5. The number of sulfone groups is 1. The normalized spacial score (nSPS) is 21.7. The Morgan fingerprint density at radius 2 is 1.50 bits per heavy atom. The van der Waals surface area contributed by atoms with Gasteiger partial charge in [0.1, 0.15) is 32.5 Å². The van der Waals surface area contributed by atoms with E-state index in [2.05, 4.69) is 18.7 Å². The molecule has 0 radical (unpaired) electrons. The topological polar surface area (TPSA) is 109 Å². The summed E-state index contributed by atoms with van der Waals surface area (Å²) < 4.78 is 30.4. The zero-order valence-electron chi connectivity index (χ0n) is 29.9. The molecule has 50 heavy (non-hydrogen) atoms. The molecule has 1 fully saturated rings. The Labute approximate surface area is 307 Å². The van der Waals surface area contributed by atoms with E-state index in [0.717, 1.165) is 16.7 Å². The lowest BCUT2D eigenvalue weighted by Crippen LogP contribution is -2.60. The van der Waals surface area contributed by atoms with Gasteiger partial charge in [-0.3, -0.25) is 14.8 Å². The van der Waals surface area contributed by atoms with Crippen LogP contribution in [0.15, 0.2) is 71.7 Å². The molecular weight excluding hydrogens is 693 g/mol. The second-order valence-corrected chi connectivity index (χ2v) is 17.3. The fourth-order valence-corrected chi connectivity index (χ4v) is 8.02. The van der Waals surface area contributed by atoms with E-state index < -0.39 is 26.5 Å². The Bertz CT molecular complexity index is 1820. The number of hydrogen-bond acceptors (Lipinski definition) is 7. The summed E-state index contributed by atoms with van der Waals surface area (Å²) in [4.78, 5) is 26.6. The second-order valence-electron chi connectivity index (χ2n) is 14.0. The number of amides is 2. The van der Waals surface area contributed by atoms with Gasteiger partial charge in [0, 0.05) is 47.5 Å². The van der Waals surface area contributed by atoms with Gasteiger partial charge in [-0.1, -0.05) is 60.5 Å². The number of ether oxygens (including phenoxy) is 1. The molecule has 2 aliphatic heterocycles. The maximum absolute atomic E-state index is 15.2. The van der Waals surface area contributed by atoms with Crippen LogP contribution < -0.4 is 10.5 Å². The summed E-state index contributed by atoms with van der Waals surface area (Å²) in [6.45, 7) is 14.9. The molecule has 2 heterocycles. The Balaban J connectivity index is 1.62. The molecule has 2 aliphatic rings. The molecule has 5 rings (SSSR count). The van der Waals surface area contributed by atoms with Gasteiger partial charge >= 0.3 is 6.03 Å². The molecule has 9 nitrogen and oxygen atoms in total. The molecule has 0 aliphatic carbocycles. The predicted octanol–water partition coefficient (Wildman–Crippen LogP) is 7.04. The Morgan fingerprint density at radius 3 is 2.04 bits per heavy atom. The second kappa shape index (κ2) is 14.8. The van der Waals surface area contributed by atoms with Crippen LogP contribution in [0.2, 0.25) is 10.0 Å². The van der Waals surface area contributed by atoms with Crippen LogP contribution in [0.3, 0.4) is 0 Å². The Morgan fingerprint density at radius 1 is 0.920 bits per heavy atom. The summed E-state index contributed by atoms with van der Waals surface area (Å²) in [7, 11) is -3.03. The largest absolute Gasteiger partial charge is 0.493 e. The van der Waals surface area contributed by atoms with Crippen molar-refractivity contribution in [2.24, 2.45) is 10.7 Å². The number of nitrogens with zero attached hydrogens (tertiary/aromatic N) is 4. The van der Waals surface area contributed by atoms with Gasteiger partial charge in [-0.05, 0) is 101 Å². The third-order valence-corrected chi connectivity index (χ3v) is 12.5. The molecule has 0 aromatic heterocycles. The first kappa shape index (κ1) is 38.1. The van der Waals surface area contributed by atoms with E-state index in [1.807, 2.05) is 97.3 Å². The summed E-state index contributed by atoms with van der Waals surface area (Å²) in [6, 6.07) is 20.9. The summed E-state index contributed by atoms with van der Waals surface area (Å²) in [6.07, 6.45) is 0.566. The average Bonchev–Trinajstić information content (AvgIpc) is 3.32. The van der Waals surface area contributed by atoms with Crippen molar-refractivity contribution < 1.29 is 17.9 Å². The lowest BCUT2D eigenvalue weighted by Gasteiger charge is -2.47. The molecule has 0 spiro atoms. The van der Waals surface area contributed by atoms with E-state index in [-0.39, 0.29) is 17.5 Å². The van der Waals surface area contributed by atoms with E-state index >= 15 is 4.79 Å². The number of halogens is 2. The number of aliphatic imine (C=N–C) groups is 1. The number of piperazine rings is 1. The molecule has 2 amide bonds. The van der Waals surface area contributed by atoms with Crippen LogP contribution in [-0.4, -0.2) is 85.8 Å². The first-order valence-electron chi connectivity index (χ1n) is 17.2. The van der Waals surface area contributed by atoms with Gasteiger partial charge in [0.15, 0.2) is 0 Å². The first-order chi connectivity index (χ1) is 23.5. The number of rotatable bonds is 11. The number of nitrogens with two attached hydrogens (primary N) is 1. The minimum Gasteiger partial charge on any atom is -0.493 e. The Kier molecular flexibility index (Phi) is 11.3. The lowest BCUT2D eigenvalue weighted by molar-refractivity contribution is 0.0868. The predicted molar refractivity (Wildman–Crippen MR) is 203 cm³/mol. The molecule has 0 bridgehead atoms. The molecule has 12 heteroatoms. The van der Waals surface area contributed by atoms with Crippen LogP contribution >= 0.6 is 23.2 Å². The van der Waals surface area contributed by atoms with Crippen molar-refractivity contribution in [2.75, 3.05) is 50.8 Å². The highest BCUT2D eigenvalue weighted by Gasteiger charge is 2.60. The number of urea groups is 1. The van der Waals surface area contributed by atoms with E-state index in [9.17, 15) is 8.42 Å². The number of carbonyl (C=O) groups excluding carboxylic acids is 1. The molecule has 1 saturated heterocycles. The van der Waals surface area contributed by atoms with Crippen LogP contribution in [-0.2, 0) is 26.5 Å². The quantitative estimate of drug-likeness (QED) is 0.226. The van der Waals surface area contributed by atoms with Crippen molar-refractivity contribution >= 4 is 44.9 Å². The lowest BCUT2D eigenvalue weighted by atomic mass is 9.71. The van der Waals surface area contributed by atoms with Crippen LogP contribution in [0.1, 0.15) is 70.2 Å². The first-order valence-corrected chi connectivity index (χ1v) is 19.8. The van der Waals surface area contributed by atoms with Crippen molar-refractivity contribution in [3.05, 3.63) is 99.0 Å². The van der Waals surface area contributed by atoms with Gasteiger partial charge in [-0.25, -0.2) is 13.2 Å². The minimum absolute atomic E-state index is 0.147. The zero-order valence-corrected chi connectivity index (χ0v) is 32.2. The summed E-state index contributed by atoms with van der Waals surface area (Å²) in [5, 5.41) is 1.19. The van der Waals surface area contributed by atoms with Gasteiger partial charge in [0.2, 0.25) is 0 Å². The van der Waals surface area contributed by atoms with Gasteiger partial charge < -0.3 is 15.4 Å². The molecule has 2 atom stereocenters.